The third kappa shape index (κ3) is 4.15. The largest absolute Gasteiger partial charge is 0.495 e. The molecule has 1 aliphatic heterocycles. The topological polar surface area (TPSA) is 87.9 Å². The first-order valence-corrected chi connectivity index (χ1v) is 7.03. The van der Waals surface area contributed by atoms with Crippen LogP contribution in [0.4, 0.5) is 11.4 Å². The van der Waals surface area contributed by atoms with Crippen molar-refractivity contribution in [3.8, 4) is 5.75 Å². The molecule has 8 heteroatoms. The van der Waals surface area contributed by atoms with E-state index >= 15 is 0 Å². The molecule has 1 aromatic rings. The van der Waals surface area contributed by atoms with Crippen molar-refractivity contribution in [3.63, 3.8) is 0 Å². The predicted molar refractivity (Wildman–Crippen MR) is 82.2 cm³/mol. The van der Waals surface area contributed by atoms with E-state index in [0.717, 1.165) is 26.2 Å². The van der Waals surface area contributed by atoms with E-state index < -0.39 is 4.92 Å². The molecule has 0 unspecified atom stereocenters. The molecule has 0 radical (unpaired) electrons. The smallest absolute Gasteiger partial charge is 0.271 e. The summed E-state index contributed by atoms with van der Waals surface area (Å²) in [5.41, 5.74) is 0.228. The molecule has 0 aromatic heterocycles. The van der Waals surface area contributed by atoms with Crippen molar-refractivity contribution < 1.29 is 14.5 Å². The van der Waals surface area contributed by atoms with E-state index in [0.29, 0.717) is 11.4 Å². The lowest BCUT2D eigenvalue weighted by atomic mass is 10.2. The van der Waals surface area contributed by atoms with E-state index in [1.165, 1.54) is 25.3 Å². The summed E-state index contributed by atoms with van der Waals surface area (Å²) in [7, 11) is 3.50. The summed E-state index contributed by atoms with van der Waals surface area (Å²) in [6, 6.07) is 4.12. The normalized spacial score (nSPS) is 16.3. The Morgan fingerprint density at radius 3 is 2.64 bits per heavy atom. The number of carbonyl (C=O) groups is 1. The summed E-state index contributed by atoms with van der Waals surface area (Å²) in [5.74, 6) is 0.195. The van der Waals surface area contributed by atoms with Gasteiger partial charge in [-0.05, 0) is 13.1 Å². The second kappa shape index (κ2) is 7.19. The molecule has 1 heterocycles. The maximum absolute atomic E-state index is 12.1. The molecule has 0 bridgehead atoms. The van der Waals surface area contributed by atoms with Gasteiger partial charge in [0.2, 0.25) is 5.91 Å². The highest BCUT2D eigenvalue weighted by Gasteiger charge is 2.18. The van der Waals surface area contributed by atoms with Gasteiger partial charge in [0.05, 0.1) is 24.3 Å². The molecular weight excluding hydrogens is 288 g/mol. The van der Waals surface area contributed by atoms with Gasteiger partial charge in [0.15, 0.2) is 0 Å². The number of amides is 1. The van der Waals surface area contributed by atoms with Crippen molar-refractivity contribution in [2.24, 2.45) is 0 Å². The van der Waals surface area contributed by atoms with Crippen molar-refractivity contribution in [1.29, 1.82) is 0 Å². The SMILES string of the molecule is COc1ccc([N+](=O)[O-])cc1NC(=O)CN1CCN(C)CC1. The minimum atomic E-state index is -0.504. The minimum absolute atomic E-state index is 0.0873. The highest BCUT2D eigenvalue weighted by Crippen LogP contribution is 2.28. The third-order valence-corrected chi connectivity index (χ3v) is 3.63. The maximum Gasteiger partial charge on any atom is 0.271 e. The van der Waals surface area contributed by atoms with E-state index in [1.807, 2.05) is 7.05 Å². The van der Waals surface area contributed by atoms with Crippen LogP contribution in [0.5, 0.6) is 5.75 Å². The predicted octanol–water partition coefficient (Wildman–Crippen LogP) is 0.789. The number of ether oxygens (including phenoxy) is 1. The van der Waals surface area contributed by atoms with E-state index in [1.54, 1.807) is 0 Å². The van der Waals surface area contributed by atoms with Gasteiger partial charge in [0.1, 0.15) is 5.75 Å². The first kappa shape index (κ1) is 16.2. The fraction of sp³-hybridized carbons (Fsp3) is 0.500. The number of hydrogen-bond donors (Lipinski definition) is 1. The molecule has 0 aliphatic carbocycles. The molecule has 1 N–H and O–H groups in total. The number of methoxy groups -OCH3 is 1. The number of benzene rings is 1. The molecule has 0 saturated carbocycles. The Bertz CT molecular complexity index is 556. The number of anilines is 1. The first-order valence-electron chi connectivity index (χ1n) is 7.03. The van der Waals surface area contributed by atoms with Crippen molar-refractivity contribution in [1.82, 2.24) is 9.80 Å². The Labute approximate surface area is 128 Å². The molecule has 22 heavy (non-hydrogen) atoms. The van der Waals surface area contributed by atoms with E-state index in [4.69, 9.17) is 4.74 Å². The summed E-state index contributed by atoms with van der Waals surface area (Å²) < 4.78 is 5.13. The van der Waals surface area contributed by atoms with Gasteiger partial charge < -0.3 is 15.0 Å². The van der Waals surface area contributed by atoms with Gasteiger partial charge in [-0.25, -0.2) is 0 Å². The average molecular weight is 308 g/mol. The van der Waals surface area contributed by atoms with Crippen LogP contribution in [-0.2, 0) is 4.79 Å². The molecule has 1 saturated heterocycles. The van der Waals surface area contributed by atoms with Crippen LogP contribution in [0.25, 0.3) is 0 Å². The maximum atomic E-state index is 12.1. The number of nitrogens with one attached hydrogen (secondary N) is 1. The summed E-state index contributed by atoms with van der Waals surface area (Å²) in [6.45, 7) is 3.77. The van der Waals surface area contributed by atoms with Crippen molar-refractivity contribution >= 4 is 17.3 Å². The highest BCUT2D eigenvalue weighted by molar-refractivity contribution is 5.94. The first-order chi connectivity index (χ1) is 10.5. The summed E-state index contributed by atoms with van der Waals surface area (Å²) >= 11 is 0. The minimum Gasteiger partial charge on any atom is -0.495 e. The molecule has 1 aliphatic rings. The van der Waals surface area contributed by atoms with Crippen LogP contribution >= 0.6 is 0 Å². The summed E-state index contributed by atoms with van der Waals surface area (Å²) in [6.07, 6.45) is 0. The van der Waals surface area contributed by atoms with E-state index in [2.05, 4.69) is 15.1 Å². The number of hydrogen-bond acceptors (Lipinski definition) is 6. The Kier molecular flexibility index (Phi) is 5.29. The van der Waals surface area contributed by atoms with Gasteiger partial charge in [-0.3, -0.25) is 19.8 Å². The Hall–Kier alpha value is -2.19. The lowest BCUT2D eigenvalue weighted by Crippen LogP contribution is -2.47. The van der Waals surface area contributed by atoms with Crippen LogP contribution in [0.3, 0.4) is 0 Å². The number of rotatable bonds is 5. The molecule has 120 valence electrons. The van der Waals surface area contributed by atoms with Gasteiger partial charge in [-0.1, -0.05) is 0 Å². The van der Waals surface area contributed by atoms with Crippen LogP contribution in [0.1, 0.15) is 0 Å². The number of non-ortho nitro benzene ring substituents is 1. The number of piperazine rings is 1. The average Bonchev–Trinajstić information content (AvgIpc) is 2.49. The van der Waals surface area contributed by atoms with E-state index in [-0.39, 0.29) is 18.1 Å². The standard InChI is InChI=1S/C14H20N4O4/c1-16-5-7-17(8-6-16)10-14(19)15-12-9-11(18(20)21)3-4-13(12)22-2/h3-4,9H,5-8,10H2,1-2H3,(H,15,19). The number of nitro groups is 1. The van der Waals surface area contributed by atoms with Crippen LogP contribution < -0.4 is 10.1 Å². The van der Waals surface area contributed by atoms with Crippen LogP contribution in [0, 0.1) is 10.1 Å². The fourth-order valence-electron chi connectivity index (χ4n) is 2.31. The van der Waals surface area contributed by atoms with Crippen LogP contribution in [-0.4, -0.2) is 67.5 Å². The zero-order valence-corrected chi connectivity index (χ0v) is 12.7. The number of likely N-dealkylation sites (N-methyl/N-ethyl adjacent to an activating group) is 1. The number of nitro benzene ring substituents is 1. The molecule has 1 fully saturated rings. The zero-order chi connectivity index (χ0) is 16.1. The number of carbonyl (C=O) groups excluding carboxylic acids is 1. The van der Waals surface area contributed by atoms with E-state index in [9.17, 15) is 14.9 Å². The second-order valence-electron chi connectivity index (χ2n) is 5.27. The Balaban J connectivity index is 2.01. The third-order valence-electron chi connectivity index (χ3n) is 3.63. The zero-order valence-electron chi connectivity index (χ0n) is 12.7. The monoisotopic (exact) mass is 308 g/mol. The lowest BCUT2D eigenvalue weighted by Gasteiger charge is -2.31. The molecular formula is C14H20N4O4. The Morgan fingerprint density at radius 1 is 1.36 bits per heavy atom. The summed E-state index contributed by atoms with van der Waals surface area (Å²) in [4.78, 5) is 26.7. The molecule has 1 amide bonds. The molecule has 8 nitrogen and oxygen atoms in total. The molecule has 0 atom stereocenters. The van der Waals surface area contributed by atoms with Crippen molar-refractivity contribution in [3.05, 3.63) is 28.3 Å². The quantitative estimate of drug-likeness (QED) is 0.639. The summed E-state index contributed by atoms with van der Waals surface area (Å²) in [5, 5.41) is 13.5. The second-order valence-corrected chi connectivity index (χ2v) is 5.27. The lowest BCUT2D eigenvalue weighted by molar-refractivity contribution is -0.384. The highest BCUT2D eigenvalue weighted by atomic mass is 16.6. The fourth-order valence-corrected chi connectivity index (χ4v) is 2.31. The molecule has 1 aromatic carbocycles. The van der Waals surface area contributed by atoms with Gasteiger partial charge in [-0.15, -0.1) is 0 Å². The Morgan fingerprint density at radius 2 is 2.05 bits per heavy atom. The van der Waals surface area contributed by atoms with Gasteiger partial charge in [0, 0.05) is 38.3 Å². The number of nitrogens with zero attached hydrogens (tertiary/aromatic N) is 3. The van der Waals surface area contributed by atoms with Gasteiger partial charge in [-0.2, -0.15) is 0 Å². The molecule has 2 rings (SSSR count). The van der Waals surface area contributed by atoms with Crippen LogP contribution in [0.15, 0.2) is 18.2 Å². The van der Waals surface area contributed by atoms with Gasteiger partial charge in [0.25, 0.3) is 5.69 Å². The van der Waals surface area contributed by atoms with Crippen LogP contribution in [0.2, 0.25) is 0 Å². The van der Waals surface area contributed by atoms with Crippen molar-refractivity contribution in [2.45, 2.75) is 0 Å². The van der Waals surface area contributed by atoms with Gasteiger partial charge >= 0.3 is 0 Å². The molecule has 0 spiro atoms. The van der Waals surface area contributed by atoms with Crippen molar-refractivity contribution in [2.75, 3.05) is 52.2 Å².